The van der Waals surface area contributed by atoms with Crippen LogP contribution in [0.4, 0.5) is 10.1 Å². The van der Waals surface area contributed by atoms with Crippen LogP contribution < -0.4 is 4.90 Å². The van der Waals surface area contributed by atoms with E-state index >= 15 is 0 Å². The molecule has 0 radical (unpaired) electrons. The van der Waals surface area contributed by atoms with Crippen LogP contribution in [0, 0.1) is 5.82 Å². The second-order valence-corrected chi connectivity index (χ2v) is 5.79. The summed E-state index contributed by atoms with van der Waals surface area (Å²) >= 11 is 0. The number of amides is 1. The molecular formula is C16H22FN3O. The van der Waals surface area contributed by atoms with E-state index in [1.54, 1.807) is 0 Å². The SMILES string of the molecule is O=C1CCCN1CCN1CCN(c2ccc(F)cc2)CC1. The van der Waals surface area contributed by atoms with Crippen molar-refractivity contribution in [3.63, 3.8) is 0 Å². The number of carbonyl (C=O) groups excluding carboxylic acids is 1. The van der Waals surface area contributed by atoms with Crippen molar-refractivity contribution in [2.75, 3.05) is 50.7 Å². The van der Waals surface area contributed by atoms with Crippen molar-refractivity contribution in [1.82, 2.24) is 9.80 Å². The largest absolute Gasteiger partial charge is 0.369 e. The first-order valence-corrected chi connectivity index (χ1v) is 7.73. The van der Waals surface area contributed by atoms with Crippen molar-refractivity contribution in [3.8, 4) is 0 Å². The third kappa shape index (κ3) is 3.53. The zero-order valence-electron chi connectivity index (χ0n) is 12.3. The Morgan fingerprint density at radius 2 is 1.67 bits per heavy atom. The van der Waals surface area contributed by atoms with E-state index in [1.807, 2.05) is 17.0 Å². The fourth-order valence-electron chi connectivity index (χ4n) is 3.08. The third-order valence-corrected chi connectivity index (χ3v) is 4.42. The predicted molar refractivity (Wildman–Crippen MR) is 80.9 cm³/mol. The number of rotatable bonds is 4. The highest BCUT2D eigenvalue weighted by Crippen LogP contribution is 2.17. The van der Waals surface area contributed by atoms with Gasteiger partial charge in [-0.25, -0.2) is 4.39 Å². The standard InChI is InChI=1S/C16H22FN3O/c17-14-3-5-15(6-4-14)19-11-8-18(9-12-19)10-13-20-7-1-2-16(20)21/h3-6H,1-2,7-13H2. The van der Waals surface area contributed by atoms with E-state index < -0.39 is 0 Å². The second-order valence-electron chi connectivity index (χ2n) is 5.79. The minimum Gasteiger partial charge on any atom is -0.369 e. The molecule has 2 saturated heterocycles. The molecule has 2 fully saturated rings. The number of carbonyl (C=O) groups is 1. The number of hydrogen-bond donors (Lipinski definition) is 0. The van der Waals surface area contributed by atoms with Crippen LogP contribution in [0.15, 0.2) is 24.3 Å². The Balaban J connectivity index is 1.44. The Morgan fingerprint density at radius 3 is 2.29 bits per heavy atom. The van der Waals surface area contributed by atoms with Crippen molar-refractivity contribution < 1.29 is 9.18 Å². The summed E-state index contributed by atoms with van der Waals surface area (Å²) in [6.07, 6.45) is 1.73. The minimum atomic E-state index is -0.187. The average molecular weight is 291 g/mol. The molecule has 0 bridgehead atoms. The Bertz CT molecular complexity index is 483. The van der Waals surface area contributed by atoms with Gasteiger partial charge in [-0.15, -0.1) is 0 Å². The number of likely N-dealkylation sites (tertiary alicyclic amines) is 1. The van der Waals surface area contributed by atoms with Crippen LogP contribution in [0.25, 0.3) is 0 Å². The molecule has 114 valence electrons. The van der Waals surface area contributed by atoms with Crippen LogP contribution in [0.2, 0.25) is 0 Å². The Kier molecular flexibility index (Phi) is 4.39. The fraction of sp³-hybridized carbons (Fsp3) is 0.562. The van der Waals surface area contributed by atoms with Gasteiger partial charge in [0.1, 0.15) is 5.82 Å². The number of nitrogens with zero attached hydrogens (tertiary/aromatic N) is 3. The van der Waals surface area contributed by atoms with E-state index in [2.05, 4.69) is 9.80 Å². The lowest BCUT2D eigenvalue weighted by Gasteiger charge is -2.36. The maximum Gasteiger partial charge on any atom is 0.222 e. The van der Waals surface area contributed by atoms with Gasteiger partial charge in [0.05, 0.1) is 0 Å². The van der Waals surface area contributed by atoms with E-state index in [1.165, 1.54) is 12.1 Å². The maximum atomic E-state index is 12.9. The summed E-state index contributed by atoms with van der Waals surface area (Å²) in [5.74, 6) is 0.118. The zero-order chi connectivity index (χ0) is 14.7. The lowest BCUT2D eigenvalue weighted by molar-refractivity contribution is -0.127. The Hall–Kier alpha value is -1.62. The van der Waals surface area contributed by atoms with E-state index in [4.69, 9.17) is 0 Å². The van der Waals surface area contributed by atoms with Crippen molar-refractivity contribution >= 4 is 11.6 Å². The zero-order valence-corrected chi connectivity index (χ0v) is 12.3. The average Bonchev–Trinajstić information content (AvgIpc) is 2.92. The van der Waals surface area contributed by atoms with E-state index in [0.29, 0.717) is 5.91 Å². The summed E-state index contributed by atoms with van der Waals surface area (Å²) in [7, 11) is 0. The lowest BCUT2D eigenvalue weighted by Crippen LogP contribution is -2.48. The quantitative estimate of drug-likeness (QED) is 0.842. The molecule has 2 aliphatic heterocycles. The van der Waals surface area contributed by atoms with Crippen molar-refractivity contribution in [2.24, 2.45) is 0 Å². The van der Waals surface area contributed by atoms with Gasteiger partial charge < -0.3 is 9.80 Å². The van der Waals surface area contributed by atoms with Crippen molar-refractivity contribution in [3.05, 3.63) is 30.1 Å². The molecule has 21 heavy (non-hydrogen) atoms. The summed E-state index contributed by atoms with van der Waals surface area (Å²) in [6, 6.07) is 6.71. The first-order chi connectivity index (χ1) is 10.2. The monoisotopic (exact) mass is 291 g/mol. The molecule has 1 amide bonds. The highest BCUT2D eigenvalue weighted by molar-refractivity contribution is 5.78. The Morgan fingerprint density at radius 1 is 0.952 bits per heavy atom. The molecule has 0 unspecified atom stereocenters. The highest BCUT2D eigenvalue weighted by Gasteiger charge is 2.22. The molecule has 0 N–H and O–H groups in total. The van der Waals surface area contributed by atoms with E-state index in [0.717, 1.165) is 64.3 Å². The first-order valence-electron chi connectivity index (χ1n) is 7.73. The maximum absolute atomic E-state index is 12.9. The molecule has 0 saturated carbocycles. The summed E-state index contributed by atoms with van der Waals surface area (Å²) in [5.41, 5.74) is 1.09. The van der Waals surface area contributed by atoms with Gasteiger partial charge >= 0.3 is 0 Å². The molecule has 2 aliphatic rings. The highest BCUT2D eigenvalue weighted by atomic mass is 19.1. The molecule has 3 rings (SSSR count). The van der Waals surface area contributed by atoms with Crippen molar-refractivity contribution in [1.29, 1.82) is 0 Å². The van der Waals surface area contributed by atoms with Crippen LogP contribution >= 0.6 is 0 Å². The van der Waals surface area contributed by atoms with Crippen LogP contribution in [0.3, 0.4) is 0 Å². The van der Waals surface area contributed by atoms with Crippen molar-refractivity contribution in [2.45, 2.75) is 12.8 Å². The Labute approximate surface area is 125 Å². The molecule has 5 heteroatoms. The molecule has 0 aliphatic carbocycles. The van der Waals surface area contributed by atoms with Crippen LogP contribution in [-0.2, 0) is 4.79 Å². The number of anilines is 1. The molecule has 1 aromatic carbocycles. The molecular weight excluding hydrogens is 269 g/mol. The number of halogens is 1. The topological polar surface area (TPSA) is 26.8 Å². The number of piperazine rings is 1. The van der Waals surface area contributed by atoms with Crippen LogP contribution in [-0.4, -0.2) is 61.5 Å². The summed E-state index contributed by atoms with van der Waals surface area (Å²) in [4.78, 5) is 18.3. The third-order valence-electron chi connectivity index (χ3n) is 4.42. The number of benzene rings is 1. The predicted octanol–water partition coefficient (Wildman–Crippen LogP) is 1.57. The van der Waals surface area contributed by atoms with Gasteiger partial charge in [0.2, 0.25) is 5.91 Å². The molecule has 0 spiro atoms. The molecule has 0 aromatic heterocycles. The van der Waals surface area contributed by atoms with Gasteiger partial charge in [-0.1, -0.05) is 0 Å². The minimum absolute atomic E-state index is 0.187. The van der Waals surface area contributed by atoms with E-state index in [9.17, 15) is 9.18 Å². The van der Waals surface area contributed by atoms with Crippen LogP contribution in [0.1, 0.15) is 12.8 Å². The second kappa shape index (κ2) is 6.43. The normalized spacial score (nSPS) is 20.3. The summed E-state index contributed by atoms with van der Waals surface area (Å²) in [6.45, 7) is 6.66. The van der Waals surface area contributed by atoms with Gasteiger partial charge in [0.15, 0.2) is 0 Å². The molecule has 4 nitrogen and oxygen atoms in total. The lowest BCUT2D eigenvalue weighted by atomic mass is 10.2. The van der Waals surface area contributed by atoms with Gasteiger partial charge in [0.25, 0.3) is 0 Å². The van der Waals surface area contributed by atoms with Gasteiger partial charge in [-0.3, -0.25) is 9.69 Å². The smallest absolute Gasteiger partial charge is 0.222 e. The molecule has 0 atom stereocenters. The van der Waals surface area contributed by atoms with E-state index in [-0.39, 0.29) is 5.82 Å². The number of hydrogen-bond acceptors (Lipinski definition) is 3. The van der Waals surface area contributed by atoms with Gasteiger partial charge in [0, 0.05) is 57.9 Å². The summed E-state index contributed by atoms with van der Waals surface area (Å²) in [5, 5.41) is 0. The molecule has 1 aromatic rings. The summed E-state index contributed by atoms with van der Waals surface area (Å²) < 4.78 is 12.9. The fourth-order valence-corrected chi connectivity index (χ4v) is 3.08. The first kappa shape index (κ1) is 14.3. The van der Waals surface area contributed by atoms with Gasteiger partial charge in [-0.2, -0.15) is 0 Å². The van der Waals surface area contributed by atoms with Crippen LogP contribution in [0.5, 0.6) is 0 Å². The molecule has 2 heterocycles. The van der Waals surface area contributed by atoms with Gasteiger partial charge in [-0.05, 0) is 30.7 Å².